The molecule has 6 aromatic rings. The van der Waals surface area contributed by atoms with Gasteiger partial charge in [0.05, 0.1) is 22.4 Å². The first-order valence-electron chi connectivity index (χ1n) is 13.6. The minimum Gasteiger partial charge on any atom is -0.487 e. The number of ether oxygens (including phenoxy) is 1. The van der Waals surface area contributed by atoms with E-state index < -0.39 is 17.8 Å². The number of carbonyl (C=O) groups excluding carboxylic acids is 2. The zero-order chi connectivity index (χ0) is 30.4. The van der Waals surface area contributed by atoms with Crippen LogP contribution in [0.15, 0.2) is 119 Å². The molecule has 0 saturated heterocycles. The Kier molecular flexibility index (Phi) is 6.71. The van der Waals surface area contributed by atoms with Crippen LogP contribution in [-0.4, -0.2) is 27.9 Å². The maximum absolute atomic E-state index is 13.6. The highest BCUT2D eigenvalue weighted by molar-refractivity contribution is 7.80. The van der Waals surface area contributed by atoms with Gasteiger partial charge in [0.1, 0.15) is 17.9 Å². The predicted octanol–water partition coefficient (Wildman–Crippen LogP) is 7.53. The first-order chi connectivity index (χ1) is 21.4. The topological polar surface area (TPSA) is 110 Å². The molecule has 8 nitrogen and oxygen atoms in total. The number of oxazole rings is 1. The number of benzene rings is 5. The summed E-state index contributed by atoms with van der Waals surface area (Å²) in [6, 6.07) is 32.0. The highest BCUT2D eigenvalue weighted by Crippen LogP contribution is 2.39. The van der Waals surface area contributed by atoms with Gasteiger partial charge in [0.25, 0.3) is 11.8 Å². The molecule has 0 unspecified atom stereocenters. The van der Waals surface area contributed by atoms with Gasteiger partial charge in [0.2, 0.25) is 5.89 Å². The number of carboxylic acids is 1. The molecule has 1 N–H and O–H groups in total. The van der Waals surface area contributed by atoms with Gasteiger partial charge in [0, 0.05) is 10.5 Å². The zero-order valence-electron chi connectivity index (χ0n) is 22.9. The molecule has 1 aliphatic rings. The van der Waals surface area contributed by atoms with E-state index in [1.807, 2.05) is 72.8 Å². The van der Waals surface area contributed by atoms with Gasteiger partial charge in [0.15, 0.2) is 5.58 Å². The summed E-state index contributed by atoms with van der Waals surface area (Å²) < 4.78 is 12.2. The van der Waals surface area contributed by atoms with Crippen LogP contribution in [0.2, 0.25) is 0 Å². The van der Waals surface area contributed by atoms with E-state index in [-0.39, 0.29) is 34.7 Å². The Balaban J connectivity index is 1.30. The number of aromatic nitrogens is 1. The second-order valence-corrected chi connectivity index (χ2v) is 10.7. The molecule has 0 spiro atoms. The summed E-state index contributed by atoms with van der Waals surface area (Å²) in [5.74, 6) is -1.88. The number of thiol groups is 1. The van der Waals surface area contributed by atoms with E-state index in [0.717, 1.165) is 26.5 Å². The van der Waals surface area contributed by atoms with E-state index in [1.165, 1.54) is 18.2 Å². The SMILES string of the molecule is O=C(O)c1ccc2c(c1)C(=O)N(c1cc(-c3nc4cc(-c5ccccc5)ccc4o3)ccc1OCc1cccc(S)c1)C2=O. The maximum atomic E-state index is 13.6. The zero-order valence-corrected chi connectivity index (χ0v) is 23.8. The van der Waals surface area contributed by atoms with Gasteiger partial charge in [-0.2, -0.15) is 0 Å². The highest BCUT2D eigenvalue weighted by Gasteiger charge is 2.39. The fraction of sp³-hybridized carbons (Fsp3) is 0.0286. The van der Waals surface area contributed by atoms with Gasteiger partial charge >= 0.3 is 5.97 Å². The van der Waals surface area contributed by atoms with Gasteiger partial charge < -0.3 is 14.3 Å². The van der Waals surface area contributed by atoms with Crippen molar-refractivity contribution in [2.75, 3.05) is 4.90 Å². The van der Waals surface area contributed by atoms with E-state index in [2.05, 4.69) is 12.6 Å². The minimum absolute atomic E-state index is 0.00401. The molecule has 0 aliphatic carbocycles. The average Bonchev–Trinajstić information content (AvgIpc) is 3.58. The Morgan fingerprint density at radius 2 is 1.59 bits per heavy atom. The number of carboxylic acid groups (broad SMARTS) is 1. The van der Waals surface area contributed by atoms with Crippen LogP contribution >= 0.6 is 12.6 Å². The Bertz CT molecular complexity index is 2120. The largest absolute Gasteiger partial charge is 0.487 e. The Morgan fingerprint density at radius 3 is 2.39 bits per heavy atom. The molecule has 0 radical (unpaired) electrons. The molecule has 2 heterocycles. The second-order valence-electron chi connectivity index (χ2n) is 10.2. The van der Waals surface area contributed by atoms with Crippen molar-refractivity contribution in [1.82, 2.24) is 4.98 Å². The maximum Gasteiger partial charge on any atom is 0.335 e. The summed E-state index contributed by atoms with van der Waals surface area (Å²) in [5, 5.41) is 9.44. The fourth-order valence-electron chi connectivity index (χ4n) is 5.21. The van der Waals surface area contributed by atoms with E-state index >= 15 is 0 Å². The molecule has 1 aromatic heterocycles. The second kappa shape index (κ2) is 10.9. The van der Waals surface area contributed by atoms with Crippen molar-refractivity contribution in [2.45, 2.75) is 11.5 Å². The standard InChI is InChI=1S/C35H22N2O6S/c38-33-26-12-9-24(35(40)41)16-27(26)34(39)37(33)29-18-23(11-14-31(29)42-19-20-5-4-8-25(44)15-20)32-36-28-17-22(10-13-30(28)43-32)21-6-2-1-3-7-21/h1-18,44H,19H2,(H,40,41). The van der Waals surface area contributed by atoms with Crippen molar-refractivity contribution in [3.05, 3.63) is 131 Å². The summed E-state index contributed by atoms with van der Waals surface area (Å²) in [5.41, 5.74) is 4.82. The van der Waals surface area contributed by atoms with Crippen LogP contribution in [0, 0.1) is 0 Å². The summed E-state index contributed by atoms with van der Waals surface area (Å²) in [6.45, 7) is 0.151. The number of hydrogen-bond donors (Lipinski definition) is 2. The van der Waals surface area contributed by atoms with Crippen LogP contribution in [0.3, 0.4) is 0 Å². The van der Waals surface area contributed by atoms with E-state index in [0.29, 0.717) is 22.6 Å². The number of aromatic carboxylic acids is 1. The molecule has 7 rings (SSSR count). The average molecular weight is 599 g/mol. The van der Waals surface area contributed by atoms with Gasteiger partial charge in [-0.1, -0.05) is 48.5 Å². The third-order valence-corrected chi connectivity index (χ3v) is 7.66. The number of anilines is 1. The molecular formula is C35H22N2O6S. The number of amides is 2. The highest BCUT2D eigenvalue weighted by atomic mass is 32.1. The number of nitrogens with zero attached hydrogens (tertiary/aromatic N) is 2. The molecule has 0 bridgehead atoms. The number of hydrogen-bond acceptors (Lipinski definition) is 7. The van der Waals surface area contributed by atoms with Crippen LogP contribution in [0.25, 0.3) is 33.7 Å². The Hall–Kier alpha value is -5.67. The normalized spacial score (nSPS) is 12.5. The van der Waals surface area contributed by atoms with Crippen LogP contribution < -0.4 is 9.64 Å². The molecule has 0 saturated carbocycles. The first-order valence-corrected chi connectivity index (χ1v) is 14.1. The summed E-state index contributed by atoms with van der Waals surface area (Å²) in [4.78, 5) is 45.2. The quantitative estimate of drug-likeness (QED) is 0.144. The van der Waals surface area contributed by atoms with Crippen LogP contribution in [-0.2, 0) is 6.61 Å². The monoisotopic (exact) mass is 598 g/mol. The van der Waals surface area contributed by atoms with Crippen molar-refractivity contribution < 1.29 is 28.6 Å². The Labute approximate surface area is 256 Å². The van der Waals surface area contributed by atoms with Crippen molar-refractivity contribution in [3.8, 4) is 28.3 Å². The summed E-state index contributed by atoms with van der Waals surface area (Å²) in [6.07, 6.45) is 0. The lowest BCUT2D eigenvalue weighted by Gasteiger charge is -2.19. The number of fused-ring (bicyclic) bond motifs is 2. The van der Waals surface area contributed by atoms with E-state index in [4.69, 9.17) is 14.1 Å². The van der Waals surface area contributed by atoms with E-state index in [1.54, 1.807) is 18.2 Å². The van der Waals surface area contributed by atoms with Crippen molar-refractivity contribution in [2.24, 2.45) is 0 Å². The molecule has 1 aliphatic heterocycles. The number of rotatable bonds is 7. The smallest absolute Gasteiger partial charge is 0.335 e. The molecule has 0 atom stereocenters. The fourth-order valence-corrected chi connectivity index (χ4v) is 5.46. The molecule has 0 fully saturated rings. The van der Waals surface area contributed by atoms with E-state index in [9.17, 15) is 19.5 Å². The molecule has 44 heavy (non-hydrogen) atoms. The van der Waals surface area contributed by atoms with Crippen LogP contribution in [0.1, 0.15) is 36.6 Å². The van der Waals surface area contributed by atoms with Gasteiger partial charge in [-0.05, 0) is 77.4 Å². The van der Waals surface area contributed by atoms with Crippen molar-refractivity contribution in [1.29, 1.82) is 0 Å². The van der Waals surface area contributed by atoms with Crippen molar-refractivity contribution >= 4 is 47.2 Å². The predicted molar refractivity (Wildman–Crippen MR) is 167 cm³/mol. The number of imide groups is 1. The molecule has 5 aromatic carbocycles. The molecule has 2 amide bonds. The third-order valence-electron chi connectivity index (χ3n) is 7.38. The summed E-state index contributed by atoms with van der Waals surface area (Å²) >= 11 is 4.39. The molecular weight excluding hydrogens is 576 g/mol. The van der Waals surface area contributed by atoms with Gasteiger partial charge in [-0.25, -0.2) is 14.7 Å². The van der Waals surface area contributed by atoms with Gasteiger partial charge in [-0.15, -0.1) is 12.6 Å². The van der Waals surface area contributed by atoms with Gasteiger partial charge in [-0.3, -0.25) is 9.59 Å². The minimum atomic E-state index is -1.20. The number of carbonyl (C=O) groups is 3. The lowest BCUT2D eigenvalue weighted by Crippen LogP contribution is -2.30. The Morgan fingerprint density at radius 1 is 0.795 bits per heavy atom. The molecule has 214 valence electrons. The first kappa shape index (κ1) is 27.2. The van der Waals surface area contributed by atoms with Crippen LogP contribution in [0.4, 0.5) is 5.69 Å². The lowest BCUT2D eigenvalue weighted by molar-refractivity contribution is 0.0696. The molecule has 9 heteroatoms. The third kappa shape index (κ3) is 4.89. The van der Waals surface area contributed by atoms with Crippen LogP contribution in [0.5, 0.6) is 5.75 Å². The van der Waals surface area contributed by atoms with Crippen molar-refractivity contribution in [3.63, 3.8) is 0 Å². The lowest BCUT2D eigenvalue weighted by atomic mass is 10.1. The summed E-state index contributed by atoms with van der Waals surface area (Å²) in [7, 11) is 0.